The molecule has 0 aromatic heterocycles. The molecule has 1 aromatic rings. The van der Waals surface area contributed by atoms with E-state index in [1.165, 1.54) is 32.1 Å². The van der Waals surface area contributed by atoms with Gasteiger partial charge in [-0.25, -0.2) is 4.39 Å². The van der Waals surface area contributed by atoms with Gasteiger partial charge in [0.2, 0.25) is 0 Å². The van der Waals surface area contributed by atoms with Crippen LogP contribution in [0, 0.1) is 18.7 Å². The van der Waals surface area contributed by atoms with Crippen molar-refractivity contribution in [2.24, 2.45) is 11.7 Å². The highest BCUT2D eigenvalue weighted by molar-refractivity contribution is 5.26. The van der Waals surface area contributed by atoms with E-state index < -0.39 is 0 Å². The monoisotopic (exact) mass is 235 g/mol. The maximum atomic E-state index is 13.3. The molecule has 17 heavy (non-hydrogen) atoms. The Morgan fingerprint density at radius 2 is 1.94 bits per heavy atom. The minimum absolute atomic E-state index is 0.00694. The molecule has 2 N–H and O–H groups in total. The topological polar surface area (TPSA) is 26.0 Å². The minimum atomic E-state index is -0.168. The summed E-state index contributed by atoms with van der Waals surface area (Å²) in [5.74, 6) is 0.571. The van der Waals surface area contributed by atoms with Crippen molar-refractivity contribution in [1.82, 2.24) is 0 Å². The van der Waals surface area contributed by atoms with Gasteiger partial charge in [-0.2, -0.15) is 0 Å². The molecule has 1 nitrogen and oxygen atoms in total. The molecule has 0 spiro atoms. The first-order valence-electron chi connectivity index (χ1n) is 6.68. The van der Waals surface area contributed by atoms with Gasteiger partial charge in [0, 0.05) is 6.04 Å². The van der Waals surface area contributed by atoms with Crippen LogP contribution in [-0.2, 0) is 0 Å². The SMILES string of the molecule is Cc1cc(F)cc(C(N)CC2CCCCC2)c1. The zero-order valence-electron chi connectivity index (χ0n) is 10.6. The average Bonchev–Trinajstić information content (AvgIpc) is 2.29. The van der Waals surface area contributed by atoms with Crippen LogP contribution >= 0.6 is 0 Å². The quantitative estimate of drug-likeness (QED) is 0.838. The summed E-state index contributed by atoms with van der Waals surface area (Å²) in [4.78, 5) is 0. The number of hydrogen-bond acceptors (Lipinski definition) is 1. The fourth-order valence-corrected chi connectivity index (χ4v) is 2.90. The van der Waals surface area contributed by atoms with Gasteiger partial charge < -0.3 is 5.73 Å². The molecular weight excluding hydrogens is 213 g/mol. The molecule has 2 heteroatoms. The highest BCUT2D eigenvalue weighted by Crippen LogP contribution is 2.31. The van der Waals surface area contributed by atoms with Crippen molar-refractivity contribution in [3.05, 3.63) is 35.1 Å². The van der Waals surface area contributed by atoms with Gasteiger partial charge in [0.25, 0.3) is 0 Å². The zero-order valence-corrected chi connectivity index (χ0v) is 10.6. The lowest BCUT2D eigenvalue weighted by Crippen LogP contribution is -2.17. The molecule has 1 unspecified atom stereocenters. The van der Waals surface area contributed by atoms with Crippen LogP contribution in [0.4, 0.5) is 4.39 Å². The molecule has 0 bridgehead atoms. The van der Waals surface area contributed by atoms with E-state index in [0.717, 1.165) is 23.5 Å². The first kappa shape index (κ1) is 12.6. The molecule has 1 saturated carbocycles. The van der Waals surface area contributed by atoms with E-state index in [9.17, 15) is 4.39 Å². The second-order valence-corrected chi connectivity index (χ2v) is 5.41. The lowest BCUT2D eigenvalue weighted by atomic mass is 9.83. The normalized spacial score (nSPS) is 19.2. The lowest BCUT2D eigenvalue weighted by molar-refractivity contribution is 0.319. The van der Waals surface area contributed by atoms with Gasteiger partial charge in [-0.05, 0) is 42.5 Å². The molecule has 0 radical (unpaired) electrons. The molecular formula is C15H22FN. The Kier molecular flexibility index (Phi) is 4.16. The van der Waals surface area contributed by atoms with Gasteiger partial charge in [0.15, 0.2) is 0 Å². The second kappa shape index (κ2) is 5.63. The van der Waals surface area contributed by atoms with E-state index in [2.05, 4.69) is 0 Å². The Morgan fingerprint density at radius 3 is 2.59 bits per heavy atom. The van der Waals surface area contributed by atoms with Crippen molar-refractivity contribution in [2.45, 2.75) is 51.5 Å². The van der Waals surface area contributed by atoms with E-state index in [1.54, 1.807) is 12.1 Å². The summed E-state index contributed by atoms with van der Waals surface area (Å²) >= 11 is 0. The van der Waals surface area contributed by atoms with Crippen molar-refractivity contribution in [1.29, 1.82) is 0 Å². The Morgan fingerprint density at radius 1 is 1.24 bits per heavy atom. The molecule has 0 amide bonds. The third-order valence-corrected chi connectivity index (χ3v) is 3.80. The second-order valence-electron chi connectivity index (χ2n) is 5.41. The van der Waals surface area contributed by atoms with Crippen LogP contribution in [0.1, 0.15) is 55.7 Å². The fourth-order valence-electron chi connectivity index (χ4n) is 2.90. The Labute approximate surface area is 103 Å². The summed E-state index contributed by atoms with van der Waals surface area (Å²) in [6, 6.07) is 5.14. The van der Waals surface area contributed by atoms with Gasteiger partial charge >= 0.3 is 0 Å². The van der Waals surface area contributed by atoms with Crippen molar-refractivity contribution in [3.63, 3.8) is 0 Å². The molecule has 1 atom stereocenters. The van der Waals surface area contributed by atoms with Crippen molar-refractivity contribution < 1.29 is 4.39 Å². The maximum Gasteiger partial charge on any atom is 0.123 e. The highest BCUT2D eigenvalue weighted by atomic mass is 19.1. The van der Waals surface area contributed by atoms with Crippen LogP contribution in [0.15, 0.2) is 18.2 Å². The highest BCUT2D eigenvalue weighted by Gasteiger charge is 2.18. The van der Waals surface area contributed by atoms with E-state index in [-0.39, 0.29) is 11.9 Å². The third kappa shape index (κ3) is 3.53. The minimum Gasteiger partial charge on any atom is -0.324 e. The summed E-state index contributed by atoms with van der Waals surface area (Å²) in [6.45, 7) is 1.92. The number of aryl methyl sites for hydroxylation is 1. The van der Waals surface area contributed by atoms with Gasteiger partial charge in [-0.3, -0.25) is 0 Å². The van der Waals surface area contributed by atoms with Crippen molar-refractivity contribution >= 4 is 0 Å². The van der Waals surface area contributed by atoms with Crippen molar-refractivity contribution in [3.8, 4) is 0 Å². The smallest absolute Gasteiger partial charge is 0.123 e. The molecule has 1 aromatic carbocycles. The molecule has 2 rings (SSSR count). The first-order chi connectivity index (χ1) is 8.15. The van der Waals surface area contributed by atoms with Crippen LogP contribution in [0.5, 0.6) is 0 Å². The van der Waals surface area contributed by atoms with Crippen LogP contribution in [0.25, 0.3) is 0 Å². The van der Waals surface area contributed by atoms with E-state index >= 15 is 0 Å². The summed E-state index contributed by atoms with van der Waals surface area (Å²) in [5.41, 5.74) is 8.11. The summed E-state index contributed by atoms with van der Waals surface area (Å²) < 4.78 is 13.3. The number of rotatable bonds is 3. The Balaban J connectivity index is 2.00. The lowest BCUT2D eigenvalue weighted by Gasteiger charge is -2.24. The van der Waals surface area contributed by atoms with Crippen LogP contribution in [0.3, 0.4) is 0 Å². The molecule has 1 fully saturated rings. The van der Waals surface area contributed by atoms with Crippen LogP contribution < -0.4 is 5.73 Å². The van der Waals surface area contributed by atoms with Crippen LogP contribution in [-0.4, -0.2) is 0 Å². The molecule has 0 aliphatic heterocycles. The number of hydrogen-bond donors (Lipinski definition) is 1. The van der Waals surface area contributed by atoms with Crippen LogP contribution in [0.2, 0.25) is 0 Å². The maximum absolute atomic E-state index is 13.3. The molecule has 0 saturated heterocycles. The predicted molar refractivity (Wildman–Crippen MR) is 69.3 cm³/mol. The molecule has 94 valence electrons. The van der Waals surface area contributed by atoms with E-state index in [1.807, 2.05) is 13.0 Å². The van der Waals surface area contributed by atoms with Gasteiger partial charge in [0.1, 0.15) is 5.82 Å². The average molecular weight is 235 g/mol. The number of benzene rings is 1. The first-order valence-corrected chi connectivity index (χ1v) is 6.68. The van der Waals surface area contributed by atoms with Gasteiger partial charge in [-0.1, -0.05) is 38.2 Å². The fraction of sp³-hybridized carbons (Fsp3) is 0.600. The Bertz CT molecular complexity index is 349. The zero-order chi connectivity index (χ0) is 12.3. The van der Waals surface area contributed by atoms with E-state index in [0.29, 0.717) is 0 Å². The van der Waals surface area contributed by atoms with Gasteiger partial charge in [-0.15, -0.1) is 0 Å². The third-order valence-electron chi connectivity index (χ3n) is 3.80. The summed E-state index contributed by atoms with van der Waals surface area (Å²) in [7, 11) is 0. The number of halogens is 1. The molecule has 1 aliphatic carbocycles. The largest absolute Gasteiger partial charge is 0.324 e. The summed E-state index contributed by atoms with van der Waals surface area (Å²) in [6.07, 6.45) is 7.62. The Hall–Kier alpha value is -0.890. The summed E-state index contributed by atoms with van der Waals surface area (Å²) in [5, 5.41) is 0. The molecule has 1 aliphatic rings. The van der Waals surface area contributed by atoms with Gasteiger partial charge in [0.05, 0.1) is 0 Å². The number of nitrogens with two attached hydrogens (primary N) is 1. The van der Waals surface area contributed by atoms with Crippen molar-refractivity contribution in [2.75, 3.05) is 0 Å². The van der Waals surface area contributed by atoms with E-state index in [4.69, 9.17) is 5.73 Å². The predicted octanol–water partition coefficient (Wildman–Crippen LogP) is 4.10. The molecule has 0 heterocycles. The standard InChI is InChI=1S/C15H22FN/c1-11-7-13(10-14(16)8-11)15(17)9-12-5-3-2-4-6-12/h7-8,10,12,15H,2-6,9,17H2,1H3.